The zero-order valence-electron chi connectivity index (χ0n) is 11.8. The standard InChI is InChI=1S/C13H17ClFNO3S/c1-8(2)7-16(4)13(17)11-6-10(20(14,18)19)5-9(3)12(11)15/h5-6,8H,7H2,1-4H3. The number of aryl methyl sites for hydroxylation is 1. The average molecular weight is 322 g/mol. The normalized spacial score (nSPS) is 11.8. The lowest BCUT2D eigenvalue weighted by atomic mass is 10.1. The van der Waals surface area contributed by atoms with Gasteiger partial charge in [-0.1, -0.05) is 13.8 Å². The number of hydrogen-bond acceptors (Lipinski definition) is 3. The Morgan fingerprint density at radius 2 is 1.95 bits per heavy atom. The minimum absolute atomic E-state index is 0.0630. The van der Waals surface area contributed by atoms with Crippen LogP contribution in [0.2, 0.25) is 0 Å². The van der Waals surface area contributed by atoms with Crippen molar-refractivity contribution in [1.82, 2.24) is 4.90 Å². The predicted molar refractivity (Wildman–Crippen MR) is 76.0 cm³/mol. The zero-order chi connectivity index (χ0) is 15.7. The van der Waals surface area contributed by atoms with Crippen molar-refractivity contribution in [3.05, 3.63) is 29.1 Å². The second kappa shape index (κ2) is 6.10. The molecule has 0 N–H and O–H groups in total. The number of nitrogens with zero attached hydrogens (tertiary/aromatic N) is 1. The lowest BCUT2D eigenvalue weighted by Crippen LogP contribution is -2.31. The summed E-state index contributed by atoms with van der Waals surface area (Å²) >= 11 is 0. The van der Waals surface area contributed by atoms with Crippen LogP contribution in [0.15, 0.2) is 17.0 Å². The number of halogens is 2. The summed E-state index contributed by atoms with van der Waals surface area (Å²) < 4.78 is 36.7. The second-order valence-corrected chi connectivity index (χ2v) is 7.69. The fourth-order valence-corrected chi connectivity index (χ4v) is 2.71. The Morgan fingerprint density at radius 1 is 1.40 bits per heavy atom. The summed E-state index contributed by atoms with van der Waals surface area (Å²) in [6.07, 6.45) is 0. The molecule has 0 atom stereocenters. The van der Waals surface area contributed by atoms with E-state index in [1.165, 1.54) is 11.8 Å². The van der Waals surface area contributed by atoms with E-state index >= 15 is 0 Å². The van der Waals surface area contributed by atoms with E-state index in [1.807, 2.05) is 13.8 Å². The maximum absolute atomic E-state index is 14.0. The van der Waals surface area contributed by atoms with Gasteiger partial charge in [0.05, 0.1) is 10.5 Å². The SMILES string of the molecule is Cc1cc(S(=O)(=O)Cl)cc(C(=O)N(C)CC(C)C)c1F. The van der Waals surface area contributed by atoms with Crippen LogP contribution in [0.25, 0.3) is 0 Å². The lowest BCUT2D eigenvalue weighted by molar-refractivity contribution is 0.0774. The van der Waals surface area contributed by atoms with Gasteiger partial charge in [-0.2, -0.15) is 0 Å². The maximum atomic E-state index is 14.0. The highest BCUT2D eigenvalue weighted by atomic mass is 35.7. The minimum Gasteiger partial charge on any atom is -0.341 e. The highest BCUT2D eigenvalue weighted by Crippen LogP contribution is 2.23. The molecule has 20 heavy (non-hydrogen) atoms. The molecule has 0 radical (unpaired) electrons. The minimum atomic E-state index is -4.01. The summed E-state index contributed by atoms with van der Waals surface area (Å²) in [6.45, 7) is 5.67. The number of carbonyl (C=O) groups excluding carboxylic acids is 1. The highest BCUT2D eigenvalue weighted by molar-refractivity contribution is 8.13. The van der Waals surface area contributed by atoms with Crippen LogP contribution in [-0.2, 0) is 9.05 Å². The van der Waals surface area contributed by atoms with E-state index in [1.54, 1.807) is 7.05 Å². The van der Waals surface area contributed by atoms with Gasteiger partial charge in [-0.05, 0) is 30.5 Å². The van der Waals surface area contributed by atoms with Crippen LogP contribution in [0.4, 0.5) is 4.39 Å². The van der Waals surface area contributed by atoms with Crippen LogP contribution in [0.3, 0.4) is 0 Å². The molecule has 7 heteroatoms. The van der Waals surface area contributed by atoms with Crippen molar-refractivity contribution < 1.29 is 17.6 Å². The first kappa shape index (κ1) is 16.9. The third-order valence-corrected chi connectivity index (χ3v) is 4.06. The molecule has 0 aliphatic heterocycles. The van der Waals surface area contributed by atoms with Crippen LogP contribution in [0.1, 0.15) is 29.8 Å². The van der Waals surface area contributed by atoms with E-state index in [-0.39, 0.29) is 21.9 Å². The van der Waals surface area contributed by atoms with Gasteiger partial charge in [-0.15, -0.1) is 0 Å². The summed E-state index contributed by atoms with van der Waals surface area (Å²) in [4.78, 5) is 13.3. The molecular formula is C13H17ClFNO3S. The van der Waals surface area contributed by atoms with Crippen LogP contribution in [0.5, 0.6) is 0 Å². The Labute approximate surface area is 123 Å². The molecule has 0 heterocycles. The maximum Gasteiger partial charge on any atom is 0.261 e. The van der Waals surface area contributed by atoms with Gasteiger partial charge in [-0.25, -0.2) is 12.8 Å². The molecule has 0 saturated heterocycles. The number of benzene rings is 1. The molecule has 112 valence electrons. The molecular weight excluding hydrogens is 305 g/mol. The molecule has 1 amide bonds. The van der Waals surface area contributed by atoms with Crippen molar-refractivity contribution in [1.29, 1.82) is 0 Å². The zero-order valence-corrected chi connectivity index (χ0v) is 13.3. The molecule has 0 aliphatic rings. The molecule has 4 nitrogen and oxygen atoms in total. The van der Waals surface area contributed by atoms with Gasteiger partial charge in [0.2, 0.25) is 0 Å². The largest absolute Gasteiger partial charge is 0.341 e. The van der Waals surface area contributed by atoms with Gasteiger partial charge < -0.3 is 4.90 Å². The summed E-state index contributed by atoms with van der Waals surface area (Å²) in [7, 11) is 2.78. The molecule has 1 aromatic carbocycles. The van der Waals surface area contributed by atoms with E-state index in [0.29, 0.717) is 6.54 Å². The Bertz CT molecular complexity index is 629. The van der Waals surface area contributed by atoms with Gasteiger partial charge in [0, 0.05) is 24.3 Å². The monoisotopic (exact) mass is 321 g/mol. The lowest BCUT2D eigenvalue weighted by Gasteiger charge is -2.20. The van der Waals surface area contributed by atoms with Gasteiger partial charge in [0.25, 0.3) is 15.0 Å². The van der Waals surface area contributed by atoms with Gasteiger partial charge in [0.1, 0.15) is 5.82 Å². The number of hydrogen-bond donors (Lipinski definition) is 0. The molecule has 0 aromatic heterocycles. The Balaban J connectivity index is 3.31. The first-order valence-corrected chi connectivity index (χ1v) is 8.35. The van der Waals surface area contributed by atoms with Crippen molar-refractivity contribution in [2.45, 2.75) is 25.7 Å². The molecule has 1 aromatic rings. The van der Waals surface area contributed by atoms with Crippen LogP contribution >= 0.6 is 10.7 Å². The van der Waals surface area contributed by atoms with Crippen molar-refractivity contribution >= 4 is 25.6 Å². The highest BCUT2D eigenvalue weighted by Gasteiger charge is 2.22. The summed E-state index contributed by atoms with van der Waals surface area (Å²) in [5, 5.41) is 0. The van der Waals surface area contributed by atoms with E-state index in [9.17, 15) is 17.6 Å². The van der Waals surface area contributed by atoms with Crippen molar-refractivity contribution in [3.8, 4) is 0 Å². The first-order chi connectivity index (χ1) is 9.04. The third kappa shape index (κ3) is 3.93. The van der Waals surface area contributed by atoms with Gasteiger partial charge in [0.15, 0.2) is 0 Å². The molecule has 0 spiro atoms. The fourth-order valence-electron chi connectivity index (χ4n) is 1.87. The molecule has 0 aliphatic carbocycles. The fraction of sp³-hybridized carbons (Fsp3) is 0.462. The molecule has 0 unspecified atom stereocenters. The van der Waals surface area contributed by atoms with Crippen LogP contribution in [-0.4, -0.2) is 32.8 Å². The topological polar surface area (TPSA) is 54.5 Å². The summed E-state index contributed by atoms with van der Waals surface area (Å²) in [6, 6.07) is 2.08. The Hall–Kier alpha value is -1.14. The van der Waals surface area contributed by atoms with Crippen molar-refractivity contribution in [2.75, 3.05) is 13.6 Å². The number of amides is 1. The smallest absolute Gasteiger partial charge is 0.261 e. The molecule has 1 rings (SSSR count). The van der Waals surface area contributed by atoms with E-state index < -0.39 is 20.8 Å². The van der Waals surface area contributed by atoms with Gasteiger partial charge >= 0.3 is 0 Å². The van der Waals surface area contributed by atoms with Crippen molar-refractivity contribution in [2.24, 2.45) is 5.92 Å². The third-order valence-electron chi connectivity index (χ3n) is 2.73. The van der Waals surface area contributed by atoms with Crippen molar-refractivity contribution in [3.63, 3.8) is 0 Å². The van der Waals surface area contributed by atoms with E-state index in [0.717, 1.165) is 12.1 Å². The quantitative estimate of drug-likeness (QED) is 0.801. The second-order valence-electron chi connectivity index (χ2n) is 5.12. The molecule has 0 saturated carbocycles. The van der Waals surface area contributed by atoms with Gasteiger partial charge in [-0.3, -0.25) is 4.79 Å². The Kier molecular flexibility index (Phi) is 5.15. The van der Waals surface area contributed by atoms with E-state index in [4.69, 9.17) is 10.7 Å². The average Bonchev–Trinajstić information content (AvgIpc) is 2.29. The first-order valence-electron chi connectivity index (χ1n) is 6.04. The van der Waals surface area contributed by atoms with Crippen LogP contribution < -0.4 is 0 Å². The van der Waals surface area contributed by atoms with E-state index in [2.05, 4.69) is 0 Å². The molecule has 0 bridgehead atoms. The predicted octanol–water partition coefficient (Wildman–Crippen LogP) is 2.79. The number of carbonyl (C=O) groups is 1. The summed E-state index contributed by atoms with van der Waals surface area (Å²) in [5.74, 6) is -1.08. The molecule has 0 fully saturated rings. The summed E-state index contributed by atoms with van der Waals surface area (Å²) in [5.41, 5.74) is -0.222. The number of rotatable bonds is 4. The van der Waals surface area contributed by atoms with Crippen LogP contribution in [0, 0.1) is 18.7 Å². The Morgan fingerprint density at radius 3 is 2.40 bits per heavy atom.